The molecule has 0 saturated carbocycles. The van der Waals surface area contributed by atoms with E-state index in [1.54, 1.807) is 18.2 Å². The summed E-state index contributed by atoms with van der Waals surface area (Å²) in [5.41, 5.74) is 1.21. The number of H-pyrrole nitrogens is 1. The van der Waals surface area contributed by atoms with Gasteiger partial charge in [-0.1, -0.05) is 11.6 Å². The van der Waals surface area contributed by atoms with Gasteiger partial charge in [0.25, 0.3) is 5.78 Å². The van der Waals surface area contributed by atoms with Crippen LogP contribution in [-0.4, -0.2) is 16.9 Å². The van der Waals surface area contributed by atoms with Crippen LogP contribution >= 0.6 is 11.6 Å². The number of hydrogen-bond acceptors (Lipinski definition) is 1. The fourth-order valence-corrected chi connectivity index (χ4v) is 1.68. The minimum atomic E-state index is -4.85. The Labute approximate surface area is 105 Å². The lowest BCUT2D eigenvalue weighted by Gasteiger charge is -1.99. The predicted molar refractivity (Wildman–Crippen MR) is 63.4 cm³/mol. The molecule has 2 nitrogen and oxygen atoms in total. The third kappa shape index (κ3) is 2.56. The minimum Gasteiger partial charge on any atom is -0.361 e. The van der Waals surface area contributed by atoms with Crippen molar-refractivity contribution in [3.05, 3.63) is 41.1 Å². The van der Waals surface area contributed by atoms with Crippen molar-refractivity contribution in [3.63, 3.8) is 0 Å². The highest BCUT2D eigenvalue weighted by atomic mass is 35.5. The van der Waals surface area contributed by atoms with Crippen molar-refractivity contribution in [3.8, 4) is 0 Å². The van der Waals surface area contributed by atoms with E-state index in [-0.39, 0.29) is 0 Å². The molecule has 1 aromatic carbocycles. The Bertz CT molecular complexity index is 628. The Hall–Kier alpha value is -1.75. The van der Waals surface area contributed by atoms with Gasteiger partial charge in [-0.15, -0.1) is 0 Å². The zero-order chi connectivity index (χ0) is 13.3. The number of alkyl halides is 3. The van der Waals surface area contributed by atoms with Crippen molar-refractivity contribution in [2.45, 2.75) is 6.18 Å². The van der Waals surface area contributed by atoms with Gasteiger partial charge in [-0.2, -0.15) is 13.2 Å². The van der Waals surface area contributed by atoms with E-state index in [1.165, 1.54) is 6.20 Å². The van der Waals surface area contributed by atoms with Gasteiger partial charge in [-0.05, 0) is 35.9 Å². The molecule has 1 heterocycles. The third-order valence-corrected chi connectivity index (χ3v) is 2.60. The molecule has 0 amide bonds. The molecule has 0 atom stereocenters. The third-order valence-electron chi connectivity index (χ3n) is 2.37. The van der Waals surface area contributed by atoms with Crippen LogP contribution < -0.4 is 0 Å². The Morgan fingerprint density at radius 2 is 2.06 bits per heavy atom. The highest BCUT2D eigenvalue weighted by Gasteiger charge is 2.35. The number of halogens is 4. The molecule has 0 spiro atoms. The molecule has 0 aliphatic carbocycles. The number of allylic oxidation sites excluding steroid dienone is 1. The van der Waals surface area contributed by atoms with Crippen molar-refractivity contribution in [1.29, 1.82) is 0 Å². The first kappa shape index (κ1) is 12.7. The second kappa shape index (κ2) is 4.49. The molecule has 0 bridgehead atoms. The molecule has 2 aromatic rings. The molecule has 0 radical (unpaired) electrons. The molecular formula is C12H7ClF3NO. The number of nitrogens with one attached hydrogen (secondary N) is 1. The first-order valence-corrected chi connectivity index (χ1v) is 5.31. The van der Waals surface area contributed by atoms with Gasteiger partial charge >= 0.3 is 6.18 Å². The number of carbonyl (C=O) groups is 1. The first-order chi connectivity index (χ1) is 8.38. The molecular weight excluding hydrogens is 267 g/mol. The molecule has 0 fully saturated rings. The van der Waals surface area contributed by atoms with Crippen LogP contribution in [0.3, 0.4) is 0 Å². The van der Waals surface area contributed by atoms with Crippen molar-refractivity contribution < 1.29 is 18.0 Å². The van der Waals surface area contributed by atoms with E-state index < -0.39 is 12.0 Å². The first-order valence-electron chi connectivity index (χ1n) is 4.94. The second-order valence-electron chi connectivity index (χ2n) is 3.63. The number of aromatic amines is 1. The quantitative estimate of drug-likeness (QED) is 0.825. The standard InChI is InChI=1S/C12H7ClF3NO/c13-8-2-3-10-9(5-8)7(6-17-10)1-4-11(18)12(14,15)16/h1-6,17H/b4-1+. The van der Waals surface area contributed by atoms with E-state index >= 15 is 0 Å². The second-order valence-corrected chi connectivity index (χ2v) is 4.07. The molecule has 0 unspecified atom stereocenters. The zero-order valence-electron chi connectivity index (χ0n) is 8.88. The maximum Gasteiger partial charge on any atom is 0.454 e. The highest BCUT2D eigenvalue weighted by Crippen LogP contribution is 2.24. The van der Waals surface area contributed by atoms with Crippen molar-refractivity contribution in [2.24, 2.45) is 0 Å². The van der Waals surface area contributed by atoms with Gasteiger partial charge in [-0.3, -0.25) is 4.79 Å². The Morgan fingerprint density at radius 1 is 1.33 bits per heavy atom. The fraction of sp³-hybridized carbons (Fsp3) is 0.0833. The average molecular weight is 274 g/mol. The maximum atomic E-state index is 12.0. The minimum absolute atomic E-state index is 0.471. The van der Waals surface area contributed by atoms with E-state index in [0.29, 0.717) is 22.0 Å². The molecule has 18 heavy (non-hydrogen) atoms. The number of rotatable bonds is 2. The van der Waals surface area contributed by atoms with Gasteiger partial charge in [0, 0.05) is 22.1 Å². The summed E-state index contributed by atoms with van der Waals surface area (Å²) in [6.45, 7) is 0. The van der Waals surface area contributed by atoms with Gasteiger partial charge < -0.3 is 4.98 Å². The smallest absolute Gasteiger partial charge is 0.361 e. The monoisotopic (exact) mass is 273 g/mol. The van der Waals surface area contributed by atoms with Gasteiger partial charge in [0.2, 0.25) is 0 Å². The van der Waals surface area contributed by atoms with Crippen LogP contribution in [0.4, 0.5) is 13.2 Å². The van der Waals surface area contributed by atoms with Crippen LogP contribution in [0.25, 0.3) is 17.0 Å². The van der Waals surface area contributed by atoms with Crippen LogP contribution in [0.2, 0.25) is 5.02 Å². The van der Waals surface area contributed by atoms with Gasteiger partial charge in [-0.25, -0.2) is 0 Å². The SMILES string of the molecule is O=C(/C=C/c1c[nH]c2ccc(Cl)cc12)C(F)(F)F. The summed E-state index contributed by atoms with van der Waals surface area (Å²) in [7, 11) is 0. The van der Waals surface area contributed by atoms with Crippen LogP contribution in [-0.2, 0) is 4.79 Å². The van der Waals surface area contributed by atoms with Gasteiger partial charge in [0.1, 0.15) is 0 Å². The lowest BCUT2D eigenvalue weighted by atomic mass is 10.1. The topological polar surface area (TPSA) is 32.9 Å². The number of hydrogen-bond donors (Lipinski definition) is 1. The van der Waals surface area contributed by atoms with Crippen molar-refractivity contribution in [1.82, 2.24) is 4.98 Å². The normalized spacial score (nSPS) is 12.4. The van der Waals surface area contributed by atoms with Gasteiger partial charge in [0.05, 0.1) is 0 Å². The lowest BCUT2D eigenvalue weighted by Crippen LogP contribution is -2.19. The predicted octanol–water partition coefficient (Wildman–Crippen LogP) is 3.97. The molecule has 2 rings (SSSR count). The highest BCUT2D eigenvalue weighted by molar-refractivity contribution is 6.31. The molecule has 0 aliphatic rings. The van der Waals surface area contributed by atoms with E-state index in [4.69, 9.17) is 11.6 Å². The summed E-state index contributed by atoms with van der Waals surface area (Å²) in [5, 5.41) is 1.13. The summed E-state index contributed by atoms with van der Waals surface area (Å²) in [4.78, 5) is 13.6. The number of benzene rings is 1. The zero-order valence-corrected chi connectivity index (χ0v) is 9.64. The van der Waals surface area contributed by atoms with E-state index in [2.05, 4.69) is 4.98 Å². The van der Waals surface area contributed by atoms with E-state index in [0.717, 1.165) is 11.6 Å². The molecule has 94 valence electrons. The number of carbonyl (C=O) groups excluding carboxylic acids is 1. The summed E-state index contributed by atoms with van der Waals surface area (Å²) in [5.74, 6) is -1.89. The van der Waals surface area contributed by atoms with Gasteiger partial charge in [0.15, 0.2) is 0 Å². The molecule has 0 aliphatic heterocycles. The molecule has 0 saturated heterocycles. The largest absolute Gasteiger partial charge is 0.454 e. The number of ketones is 1. The van der Waals surface area contributed by atoms with Crippen molar-refractivity contribution >= 4 is 34.4 Å². The van der Waals surface area contributed by atoms with Crippen LogP contribution in [0.15, 0.2) is 30.5 Å². The molecule has 1 aromatic heterocycles. The number of fused-ring (bicyclic) bond motifs is 1. The summed E-state index contributed by atoms with van der Waals surface area (Å²) in [6, 6.07) is 4.99. The Balaban J connectivity index is 2.35. The van der Waals surface area contributed by atoms with Crippen molar-refractivity contribution in [2.75, 3.05) is 0 Å². The average Bonchev–Trinajstić information content (AvgIpc) is 2.67. The summed E-state index contributed by atoms with van der Waals surface area (Å²) in [6.07, 6.45) is -1.71. The number of aromatic nitrogens is 1. The van der Waals surface area contributed by atoms with E-state index in [1.807, 2.05) is 0 Å². The molecule has 1 N–H and O–H groups in total. The summed E-state index contributed by atoms with van der Waals surface area (Å²) < 4.78 is 36.1. The summed E-state index contributed by atoms with van der Waals surface area (Å²) >= 11 is 5.80. The Morgan fingerprint density at radius 3 is 2.72 bits per heavy atom. The lowest BCUT2D eigenvalue weighted by molar-refractivity contribution is -0.165. The molecule has 6 heteroatoms. The van der Waals surface area contributed by atoms with Crippen LogP contribution in [0.5, 0.6) is 0 Å². The Kier molecular flexibility index (Phi) is 3.17. The van der Waals surface area contributed by atoms with Crippen LogP contribution in [0.1, 0.15) is 5.56 Å². The van der Waals surface area contributed by atoms with E-state index in [9.17, 15) is 18.0 Å². The maximum absolute atomic E-state index is 12.0. The van der Waals surface area contributed by atoms with Crippen LogP contribution in [0, 0.1) is 0 Å². The fourth-order valence-electron chi connectivity index (χ4n) is 1.51.